The fourth-order valence-electron chi connectivity index (χ4n) is 3.88. The molecule has 4 heterocycles. The summed E-state index contributed by atoms with van der Waals surface area (Å²) in [7, 11) is 5.22. The zero-order valence-corrected chi connectivity index (χ0v) is 21.5. The first kappa shape index (κ1) is 25.7. The lowest BCUT2D eigenvalue weighted by Gasteiger charge is -2.08. The van der Waals surface area contributed by atoms with Crippen LogP contribution in [0.15, 0.2) is 49.1 Å². The molecule has 1 aromatic carbocycles. The minimum Gasteiger partial charge on any atom is -0.497 e. The molecule has 0 atom stereocenters. The quantitative estimate of drug-likeness (QED) is 0.211. The standard InChI is InChI=1S/C24H22F4N8OS/c1-14-9-10-35-20(17-12-34(13-29-17)38-33(2)3)19(30-21(35)18(14)25)22-31-23(24(26,27)28)32-36(22)11-15-5-7-16(37-4)8-6-15/h5-10,12-13H,11H2,1-4H3. The molecule has 0 spiro atoms. The molecule has 38 heavy (non-hydrogen) atoms. The highest BCUT2D eigenvalue weighted by molar-refractivity contribution is 7.95. The largest absolute Gasteiger partial charge is 0.497 e. The van der Waals surface area contributed by atoms with Crippen molar-refractivity contribution < 1.29 is 22.3 Å². The molecule has 0 bridgehead atoms. The van der Waals surface area contributed by atoms with Crippen LogP contribution in [0, 0.1) is 12.7 Å². The van der Waals surface area contributed by atoms with Crippen LogP contribution in [0.3, 0.4) is 0 Å². The van der Waals surface area contributed by atoms with Crippen molar-refractivity contribution in [1.29, 1.82) is 0 Å². The molecule has 0 aliphatic heterocycles. The van der Waals surface area contributed by atoms with Gasteiger partial charge in [0.15, 0.2) is 17.3 Å². The molecule has 0 aliphatic rings. The molecule has 5 rings (SSSR count). The van der Waals surface area contributed by atoms with E-state index in [2.05, 4.69) is 20.1 Å². The number of fused-ring (bicyclic) bond motifs is 1. The van der Waals surface area contributed by atoms with Crippen LogP contribution in [-0.4, -0.2) is 58.6 Å². The average molecular weight is 547 g/mol. The highest BCUT2D eigenvalue weighted by Gasteiger charge is 2.38. The molecule has 0 fully saturated rings. The maximum atomic E-state index is 15.2. The van der Waals surface area contributed by atoms with E-state index >= 15 is 4.39 Å². The molecular weight excluding hydrogens is 524 g/mol. The molecule has 198 valence electrons. The Kier molecular flexibility index (Phi) is 6.61. The van der Waals surface area contributed by atoms with Crippen LogP contribution in [0.1, 0.15) is 17.0 Å². The highest BCUT2D eigenvalue weighted by atomic mass is 32.2. The van der Waals surface area contributed by atoms with Crippen molar-refractivity contribution in [1.82, 2.24) is 37.4 Å². The SMILES string of the molecule is COc1ccc(Cn2nc(C(F)(F)F)nc2-c2nc3c(F)c(C)ccn3c2-c2cn(SN(C)C)cn2)cc1. The normalized spacial score (nSPS) is 12.1. The number of aryl methyl sites for hydroxylation is 1. The molecule has 0 aliphatic carbocycles. The van der Waals surface area contributed by atoms with Gasteiger partial charge in [0.05, 0.1) is 13.7 Å². The zero-order valence-electron chi connectivity index (χ0n) is 20.7. The lowest BCUT2D eigenvalue weighted by molar-refractivity contribution is -0.144. The Morgan fingerprint density at radius 1 is 1.08 bits per heavy atom. The number of hydrogen-bond acceptors (Lipinski definition) is 7. The minimum absolute atomic E-state index is 0.0196. The number of aromatic nitrogens is 7. The van der Waals surface area contributed by atoms with Gasteiger partial charge >= 0.3 is 6.18 Å². The summed E-state index contributed by atoms with van der Waals surface area (Å²) in [5.41, 5.74) is 1.62. The van der Waals surface area contributed by atoms with Crippen LogP contribution < -0.4 is 4.74 Å². The van der Waals surface area contributed by atoms with Gasteiger partial charge in [0.1, 0.15) is 29.2 Å². The second kappa shape index (κ2) is 9.76. The van der Waals surface area contributed by atoms with E-state index in [4.69, 9.17) is 4.74 Å². The molecule has 0 amide bonds. The van der Waals surface area contributed by atoms with E-state index in [-0.39, 0.29) is 29.4 Å². The summed E-state index contributed by atoms with van der Waals surface area (Å²) in [5.74, 6) is -1.49. The number of halogens is 4. The number of nitrogens with zero attached hydrogens (tertiary/aromatic N) is 8. The average Bonchev–Trinajstić information content (AvgIpc) is 3.58. The predicted molar refractivity (Wildman–Crippen MR) is 134 cm³/mol. The molecule has 14 heteroatoms. The van der Waals surface area contributed by atoms with Gasteiger partial charge < -0.3 is 4.74 Å². The fraction of sp³-hybridized carbons (Fsp3) is 0.250. The molecule has 0 unspecified atom stereocenters. The Balaban J connectivity index is 1.73. The van der Waals surface area contributed by atoms with Crippen LogP contribution in [0.5, 0.6) is 5.75 Å². The third-order valence-corrected chi connectivity index (χ3v) is 6.33. The van der Waals surface area contributed by atoms with Gasteiger partial charge in [-0.15, -0.1) is 5.10 Å². The van der Waals surface area contributed by atoms with Gasteiger partial charge in [0.2, 0.25) is 0 Å². The number of imidazole rings is 2. The number of alkyl halides is 3. The van der Waals surface area contributed by atoms with Crippen molar-refractivity contribution >= 4 is 17.8 Å². The molecule has 0 radical (unpaired) electrons. The Bertz CT molecular complexity index is 1600. The third kappa shape index (κ3) is 4.84. The number of rotatable bonds is 7. The van der Waals surface area contributed by atoms with E-state index in [1.54, 1.807) is 59.9 Å². The molecule has 4 aromatic heterocycles. The van der Waals surface area contributed by atoms with Gasteiger partial charge in [-0.1, -0.05) is 12.1 Å². The Hall–Kier alpha value is -3.91. The van der Waals surface area contributed by atoms with E-state index in [0.29, 0.717) is 22.6 Å². The molecule has 0 N–H and O–H groups in total. The number of hydrogen-bond donors (Lipinski definition) is 0. The van der Waals surface area contributed by atoms with Crippen LogP contribution in [0.25, 0.3) is 28.6 Å². The summed E-state index contributed by atoms with van der Waals surface area (Å²) in [6.07, 6.45) is 0.0404. The number of methoxy groups -OCH3 is 1. The van der Waals surface area contributed by atoms with E-state index in [1.807, 2.05) is 18.4 Å². The summed E-state index contributed by atoms with van der Waals surface area (Å²) in [6, 6.07) is 8.38. The molecule has 0 saturated heterocycles. The first-order chi connectivity index (χ1) is 18.0. The minimum atomic E-state index is -4.80. The molecular formula is C24H22F4N8OS. The van der Waals surface area contributed by atoms with Crippen molar-refractivity contribution in [2.75, 3.05) is 21.2 Å². The maximum Gasteiger partial charge on any atom is 0.453 e. The Morgan fingerprint density at radius 3 is 2.47 bits per heavy atom. The number of benzene rings is 1. The smallest absolute Gasteiger partial charge is 0.453 e. The van der Waals surface area contributed by atoms with E-state index in [1.165, 1.54) is 23.6 Å². The van der Waals surface area contributed by atoms with E-state index in [9.17, 15) is 13.2 Å². The first-order valence-corrected chi connectivity index (χ1v) is 12.0. The summed E-state index contributed by atoms with van der Waals surface area (Å²) in [5, 5.41) is 3.76. The summed E-state index contributed by atoms with van der Waals surface area (Å²) >= 11 is 1.34. The number of ether oxygens (including phenoxy) is 1. The van der Waals surface area contributed by atoms with Gasteiger partial charge in [0, 0.05) is 24.5 Å². The maximum absolute atomic E-state index is 15.2. The van der Waals surface area contributed by atoms with Crippen molar-refractivity contribution in [3.63, 3.8) is 0 Å². The molecule has 0 saturated carbocycles. The van der Waals surface area contributed by atoms with Crippen molar-refractivity contribution in [3.05, 3.63) is 71.8 Å². The van der Waals surface area contributed by atoms with Crippen LogP contribution >= 0.6 is 12.1 Å². The van der Waals surface area contributed by atoms with Crippen LogP contribution in [0.2, 0.25) is 0 Å². The van der Waals surface area contributed by atoms with Crippen molar-refractivity contribution in [2.24, 2.45) is 0 Å². The van der Waals surface area contributed by atoms with Crippen molar-refractivity contribution in [3.8, 4) is 28.7 Å². The molecule has 5 aromatic rings. The van der Waals surface area contributed by atoms with Gasteiger partial charge in [-0.25, -0.2) is 28.3 Å². The summed E-state index contributed by atoms with van der Waals surface area (Å²) in [4.78, 5) is 12.7. The lowest BCUT2D eigenvalue weighted by Crippen LogP contribution is -2.09. The highest BCUT2D eigenvalue weighted by Crippen LogP contribution is 2.35. The van der Waals surface area contributed by atoms with Crippen LogP contribution in [-0.2, 0) is 12.7 Å². The van der Waals surface area contributed by atoms with E-state index in [0.717, 1.165) is 4.68 Å². The monoisotopic (exact) mass is 546 g/mol. The second-order valence-corrected chi connectivity index (χ2v) is 9.91. The fourth-order valence-corrected chi connectivity index (χ4v) is 4.50. The van der Waals surface area contributed by atoms with Gasteiger partial charge in [-0.05, 0) is 50.3 Å². The Labute approximate surface area is 219 Å². The Morgan fingerprint density at radius 2 is 1.82 bits per heavy atom. The van der Waals surface area contributed by atoms with Gasteiger partial charge in [0.25, 0.3) is 5.82 Å². The van der Waals surface area contributed by atoms with Crippen molar-refractivity contribution in [2.45, 2.75) is 19.6 Å². The molecule has 9 nitrogen and oxygen atoms in total. The lowest BCUT2D eigenvalue weighted by atomic mass is 10.2. The van der Waals surface area contributed by atoms with E-state index < -0.39 is 17.8 Å². The van der Waals surface area contributed by atoms with Crippen LogP contribution in [0.4, 0.5) is 17.6 Å². The first-order valence-electron chi connectivity index (χ1n) is 11.3. The van der Waals surface area contributed by atoms with Gasteiger partial charge in [-0.3, -0.25) is 8.37 Å². The second-order valence-electron chi connectivity index (χ2n) is 8.59. The summed E-state index contributed by atoms with van der Waals surface area (Å²) < 4.78 is 67.7. The number of pyridine rings is 1. The topological polar surface area (TPSA) is 78.3 Å². The summed E-state index contributed by atoms with van der Waals surface area (Å²) in [6.45, 7) is 1.54. The van der Waals surface area contributed by atoms with Gasteiger partial charge in [-0.2, -0.15) is 13.2 Å². The third-order valence-electron chi connectivity index (χ3n) is 5.62. The zero-order chi connectivity index (χ0) is 27.2. The predicted octanol–water partition coefficient (Wildman–Crippen LogP) is 4.95.